The van der Waals surface area contributed by atoms with Gasteiger partial charge in [0.05, 0.1) is 0 Å². The quantitative estimate of drug-likeness (QED) is 0.652. The van der Waals surface area contributed by atoms with Crippen LogP contribution in [-0.4, -0.2) is 16.4 Å². The van der Waals surface area contributed by atoms with Crippen molar-refractivity contribution in [2.45, 2.75) is 0 Å². The Labute approximate surface area is 71.6 Å². The summed E-state index contributed by atoms with van der Waals surface area (Å²) >= 11 is 0. The molecule has 0 aromatic rings. The molecule has 0 atom stereocenters. The van der Waals surface area contributed by atoms with Gasteiger partial charge in [-0.3, -0.25) is 0 Å². The molecule has 7 heavy (non-hydrogen) atoms. The van der Waals surface area contributed by atoms with Crippen molar-refractivity contribution in [3.63, 3.8) is 0 Å². The fourth-order valence-corrected chi connectivity index (χ4v) is 0. The zero-order valence-electron chi connectivity index (χ0n) is 3.12. The second-order valence-electron chi connectivity index (χ2n) is 0.283. The van der Waals surface area contributed by atoms with E-state index in [-0.39, 0.29) is 50.9 Å². The molecule has 2 N–H and O–H groups in total. The van der Waals surface area contributed by atoms with E-state index < -0.39 is 6.16 Å². The SMILES string of the molecule is O=C(O)O.[O-2].[O-2].[Th+4]. The molecule has 0 amide bonds. The molecular formula is CH2O5Th. The Morgan fingerprint density at radius 2 is 1.14 bits per heavy atom. The molecule has 0 aliphatic rings. The molecule has 40 valence electrons. The second kappa shape index (κ2) is 16.0. The Bertz CT molecular complexity index is 31.1. The first kappa shape index (κ1) is 25.8. The standard InChI is InChI=1S/CH2O3.2O.Th/c2-1(3)4;;;/h(H2,2,3,4);;;/q;2*-2;+4. The molecule has 0 aliphatic heterocycles. The summed E-state index contributed by atoms with van der Waals surface area (Å²) in [4.78, 5) is 8.56. The predicted octanol–water partition coefficient (Wildman–Crippen LogP) is -0.0152. The molecule has 0 saturated heterocycles. The van der Waals surface area contributed by atoms with Crippen LogP contribution in [0.2, 0.25) is 0 Å². The number of hydrogen-bond acceptors (Lipinski definition) is 1. The summed E-state index contributed by atoms with van der Waals surface area (Å²) in [5.41, 5.74) is 0. The number of carboxylic acid groups (broad SMARTS) is 2. The van der Waals surface area contributed by atoms with E-state index in [1.807, 2.05) is 0 Å². The largest absolute Gasteiger partial charge is 4.00 e. The van der Waals surface area contributed by atoms with Crippen LogP contribution in [0.4, 0.5) is 4.79 Å². The Morgan fingerprint density at radius 1 is 1.14 bits per heavy atom. The average Bonchev–Trinajstić information content (AvgIpc) is 0.811. The van der Waals surface area contributed by atoms with Gasteiger partial charge in [0.2, 0.25) is 0 Å². The molecule has 6 heteroatoms. The zero-order valence-corrected chi connectivity index (χ0v) is 7.23. The van der Waals surface area contributed by atoms with Crippen LogP contribution < -0.4 is 0 Å². The van der Waals surface area contributed by atoms with Crippen LogP contribution in [0.15, 0.2) is 0 Å². The summed E-state index contributed by atoms with van der Waals surface area (Å²) < 4.78 is 0. The minimum atomic E-state index is -1.83. The average molecular weight is 326 g/mol. The molecule has 0 unspecified atom stereocenters. The van der Waals surface area contributed by atoms with Crippen molar-refractivity contribution >= 4 is 6.16 Å². The Balaban J connectivity index is -0.0000000150. The molecule has 0 aromatic carbocycles. The van der Waals surface area contributed by atoms with Crippen molar-refractivity contribution in [1.82, 2.24) is 0 Å². The number of hydrogen-bond donors (Lipinski definition) is 2. The van der Waals surface area contributed by atoms with Crippen molar-refractivity contribution in [2.75, 3.05) is 0 Å². The Morgan fingerprint density at radius 3 is 1.14 bits per heavy atom. The van der Waals surface area contributed by atoms with Crippen LogP contribution in [0, 0.1) is 39.9 Å². The molecule has 0 aromatic heterocycles. The van der Waals surface area contributed by atoms with E-state index in [9.17, 15) is 0 Å². The van der Waals surface area contributed by atoms with E-state index in [0.29, 0.717) is 0 Å². The molecule has 0 bridgehead atoms. The van der Waals surface area contributed by atoms with E-state index >= 15 is 0 Å². The molecule has 5 nitrogen and oxygen atoms in total. The smallest absolute Gasteiger partial charge is 2.00 e. The summed E-state index contributed by atoms with van der Waals surface area (Å²) in [5, 5.41) is 13.9. The predicted molar refractivity (Wildman–Crippen MR) is 12.0 cm³/mol. The van der Waals surface area contributed by atoms with Crippen LogP contribution in [0.3, 0.4) is 0 Å². The molecule has 0 fully saturated rings. The van der Waals surface area contributed by atoms with Gasteiger partial charge in [-0.2, -0.15) is 0 Å². The van der Waals surface area contributed by atoms with Crippen LogP contribution >= 0.6 is 0 Å². The summed E-state index contributed by atoms with van der Waals surface area (Å²) in [6, 6.07) is 0. The van der Waals surface area contributed by atoms with Gasteiger partial charge in [0, 0.05) is 0 Å². The number of carbonyl (C=O) groups is 1. The molecule has 0 saturated carbocycles. The fraction of sp³-hybridized carbons (Fsp3) is 0. The number of rotatable bonds is 0. The third-order valence-corrected chi connectivity index (χ3v) is 0. The topological polar surface area (TPSA) is 115 Å². The minimum Gasteiger partial charge on any atom is -2.00 e. The molecular weight excluding hydrogens is 324 g/mol. The van der Waals surface area contributed by atoms with Crippen LogP contribution in [-0.2, 0) is 11.0 Å². The maximum atomic E-state index is 8.56. The molecule has 0 heterocycles. The van der Waals surface area contributed by atoms with Crippen molar-refractivity contribution in [3.8, 4) is 0 Å². The first-order valence-electron chi connectivity index (χ1n) is 0.651. The molecule has 0 radical (unpaired) electrons. The maximum absolute atomic E-state index is 8.56. The monoisotopic (exact) mass is 326 g/mol. The van der Waals surface area contributed by atoms with Crippen molar-refractivity contribution in [2.24, 2.45) is 0 Å². The van der Waals surface area contributed by atoms with E-state index in [0.717, 1.165) is 0 Å². The van der Waals surface area contributed by atoms with E-state index in [2.05, 4.69) is 0 Å². The normalized spacial score (nSPS) is 3.43. The first-order valence-corrected chi connectivity index (χ1v) is 0.651. The van der Waals surface area contributed by atoms with E-state index in [4.69, 9.17) is 15.0 Å². The molecule has 0 rings (SSSR count). The van der Waals surface area contributed by atoms with Gasteiger partial charge in [-0.1, -0.05) is 0 Å². The third kappa shape index (κ3) is 501. The van der Waals surface area contributed by atoms with Gasteiger partial charge in [-0.05, 0) is 0 Å². The minimum absolute atomic E-state index is 0. The molecule has 0 aliphatic carbocycles. The van der Waals surface area contributed by atoms with Crippen molar-refractivity contribution in [1.29, 1.82) is 0 Å². The Hall–Kier alpha value is 0.515. The van der Waals surface area contributed by atoms with Crippen LogP contribution in [0.25, 0.3) is 0 Å². The second-order valence-corrected chi connectivity index (χ2v) is 0.283. The first-order chi connectivity index (χ1) is 1.73. The van der Waals surface area contributed by atoms with Gasteiger partial charge in [0.15, 0.2) is 0 Å². The third-order valence-electron chi connectivity index (χ3n) is 0. The van der Waals surface area contributed by atoms with Crippen LogP contribution in [0.1, 0.15) is 0 Å². The van der Waals surface area contributed by atoms with E-state index in [1.165, 1.54) is 0 Å². The summed E-state index contributed by atoms with van der Waals surface area (Å²) in [6.07, 6.45) is -1.83. The summed E-state index contributed by atoms with van der Waals surface area (Å²) in [5.74, 6) is 0. The van der Waals surface area contributed by atoms with Crippen molar-refractivity contribution in [3.05, 3.63) is 0 Å². The van der Waals surface area contributed by atoms with Gasteiger partial charge in [0.1, 0.15) is 0 Å². The zero-order chi connectivity index (χ0) is 3.58. The fourth-order valence-electron chi connectivity index (χ4n) is 0. The Kier molecular flexibility index (Phi) is 59.2. The van der Waals surface area contributed by atoms with E-state index in [1.54, 1.807) is 0 Å². The molecule has 0 spiro atoms. The van der Waals surface area contributed by atoms with Gasteiger partial charge in [-0.15, -0.1) is 0 Å². The summed E-state index contributed by atoms with van der Waals surface area (Å²) in [6.45, 7) is 0. The van der Waals surface area contributed by atoms with Gasteiger partial charge >= 0.3 is 46.1 Å². The van der Waals surface area contributed by atoms with Gasteiger partial charge in [-0.25, -0.2) is 4.79 Å². The van der Waals surface area contributed by atoms with Crippen LogP contribution in [0.5, 0.6) is 0 Å². The van der Waals surface area contributed by atoms with Gasteiger partial charge in [0.25, 0.3) is 0 Å². The summed E-state index contributed by atoms with van der Waals surface area (Å²) in [7, 11) is 0. The van der Waals surface area contributed by atoms with Crippen molar-refractivity contribution < 1.29 is 65.9 Å². The van der Waals surface area contributed by atoms with Gasteiger partial charge < -0.3 is 21.2 Å². The maximum Gasteiger partial charge on any atom is 4.00 e.